The zero-order chi connectivity index (χ0) is 10.6. The zero-order valence-corrected chi connectivity index (χ0v) is 9.59. The fourth-order valence-corrected chi connectivity index (χ4v) is 3.59. The lowest BCUT2D eigenvalue weighted by molar-refractivity contribution is 0.699. The van der Waals surface area contributed by atoms with Gasteiger partial charge in [-0.1, -0.05) is 19.9 Å². The minimum atomic E-state index is 0.638. The first kappa shape index (κ1) is 9.26. The third-order valence-electron chi connectivity index (χ3n) is 4.23. The van der Waals surface area contributed by atoms with Gasteiger partial charge in [0.2, 0.25) is 0 Å². The van der Waals surface area contributed by atoms with Crippen LogP contribution in [0.4, 0.5) is 5.69 Å². The monoisotopic (exact) mass is 201 g/mol. The van der Waals surface area contributed by atoms with Gasteiger partial charge >= 0.3 is 0 Å². The predicted molar refractivity (Wildman–Crippen MR) is 64.3 cm³/mol. The highest BCUT2D eigenvalue weighted by atomic mass is 14.6. The van der Waals surface area contributed by atoms with Gasteiger partial charge in [-0.05, 0) is 59.8 Å². The molecule has 1 fully saturated rings. The summed E-state index contributed by atoms with van der Waals surface area (Å²) in [6, 6.07) is 4.37. The van der Waals surface area contributed by atoms with E-state index in [2.05, 4.69) is 26.0 Å². The molecule has 2 aliphatic rings. The Morgan fingerprint density at radius 3 is 2.47 bits per heavy atom. The summed E-state index contributed by atoms with van der Waals surface area (Å²) in [5.74, 6) is 2.24. The first-order valence-electron chi connectivity index (χ1n) is 6.10. The maximum absolute atomic E-state index is 6.13. The van der Waals surface area contributed by atoms with E-state index >= 15 is 0 Å². The summed E-state index contributed by atoms with van der Waals surface area (Å²) in [6.07, 6.45) is 4.12. The Kier molecular flexibility index (Phi) is 1.86. The standard InChI is InChI=1S/C14H19N/c1-8(2)11-5-6-12(15)14-10-4-3-9(7-10)13(11)14/h5-6,8-10H,3-4,7,15H2,1-2H3. The normalized spacial score (nSPS) is 27.4. The Morgan fingerprint density at radius 1 is 1.13 bits per heavy atom. The van der Waals surface area contributed by atoms with Crippen molar-refractivity contribution < 1.29 is 0 Å². The van der Waals surface area contributed by atoms with Gasteiger partial charge in [0.1, 0.15) is 0 Å². The van der Waals surface area contributed by atoms with E-state index in [0.717, 1.165) is 17.5 Å². The van der Waals surface area contributed by atoms with E-state index in [-0.39, 0.29) is 0 Å². The first-order valence-corrected chi connectivity index (χ1v) is 6.10. The van der Waals surface area contributed by atoms with E-state index in [1.807, 2.05) is 0 Å². The Morgan fingerprint density at radius 2 is 1.80 bits per heavy atom. The molecule has 2 aliphatic carbocycles. The average Bonchev–Trinajstić information content (AvgIpc) is 2.78. The predicted octanol–water partition coefficient (Wildman–Crippen LogP) is 3.76. The molecular formula is C14H19N. The first-order chi connectivity index (χ1) is 7.18. The molecule has 2 unspecified atom stereocenters. The molecular weight excluding hydrogens is 182 g/mol. The number of hydrogen-bond donors (Lipinski definition) is 1. The van der Waals surface area contributed by atoms with Crippen LogP contribution in [-0.4, -0.2) is 0 Å². The van der Waals surface area contributed by atoms with Crippen molar-refractivity contribution in [3.63, 3.8) is 0 Å². The number of hydrogen-bond acceptors (Lipinski definition) is 1. The third-order valence-corrected chi connectivity index (χ3v) is 4.23. The molecule has 0 spiro atoms. The molecule has 2 atom stereocenters. The lowest BCUT2D eigenvalue weighted by Gasteiger charge is -2.22. The molecule has 2 N–H and O–H groups in total. The van der Waals surface area contributed by atoms with Gasteiger partial charge in [-0.25, -0.2) is 0 Å². The molecule has 0 amide bonds. The van der Waals surface area contributed by atoms with E-state index in [1.54, 1.807) is 11.1 Å². The van der Waals surface area contributed by atoms with Gasteiger partial charge in [0, 0.05) is 5.69 Å². The molecule has 0 radical (unpaired) electrons. The molecule has 0 aliphatic heterocycles. The summed E-state index contributed by atoms with van der Waals surface area (Å²) < 4.78 is 0. The number of nitrogen functional groups attached to an aromatic ring is 1. The van der Waals surface area contributed by atoms with Crippen molar-refractivity contribution in [3.05, 3.63) is 28.8 Å². The largest absolute Gasteiger partial charge is 0.398 e. The van der Waals surface area contributed by atoms with Crippen molar-refractivity contribution in [2.75, 3.05) is 5.73 Å². The van der Waals surface area contributed by atoms with Crippen molar-refractivity contribution in [1.29, 1.82) is 0 Å². The fourth-order valence-electron chi connectivity index (χ4n) is 3.59. The number of fused-ring (bicyclic) bond motifs is 5. The number of benzene rings is 1. The summed E-state index contributed by atoms with van der Waals surface area (Å²) in [5, 5.41) is 0. The van der Waals surface area contributed by atoms with Gasteiger partial charge in [-0.3, -0.25) is 0 Å². The van der Waals surface area contributed by atoms with Crippen LogP contribution in [0, 0.1) is 0 Å². The van der Waals surface area contributed by atoms with Crippen molar-refractivity contribution in [2.24, 2.45) is 0 Å². The Balaban J connectivity index is 2.23. The van der Waals surface area contributed by atoms with Crippen LogP contribution in [-0.2, 0) is 0 Å². The maximum atomic E-state index is 6.13. The minimum absolute atomic E-state index is 0.638. The van der Waals surface area contributed by atoms with Gasteiger partial charge in [0.05, 0.1) is 0 Å². The van der Waals surface area contributed by atoms with Gasteiger partial charge in [-0.15, -0.1) is 0 Å². The third kappa shape index (κ3) is 1.15. The fraction of sp³-hybridized carbons (Fsp3) is 0.571. The Labute approximate surface area is 91.7 Å². The second-order valence-corrected chi connectivity index (χ2v) is 5.43. The van der Waals surface area contributed by atoms with Gasteiger partial charge in [0.15, 0.2) is 0 Å². The summed E-state index contributed by atoms with van der Waals surface area (Å²) in [5.41, 5.74) is 11.9. The van der Waals surface area contributed by atoms with Crippen LogP contribution in [0.15, 0.2) is 12.1 Å². The molecule has 15 heavy (non-hydrogen) atoms. The van der Waals surface area contributed by atoms with Crippen LogP contribution in [0.1, 0.15) is 67.6 Å². The lowest BCUT2D eigenvalue weighted by atomic mass is 9.84. The maximum Gasteiger partial charge on any atom is 0.0352 e. The number of nitrogens with two attached hydrogens (primary N) is 1. The molecule has 2 bridgehead atoms. The Hall–Kier alpha value is -0.980. The molecule has 1 aromatic rings. The van der Waals surface area contributed by atoms with Crippen LogP contribution in [0.2, 0.25) is 0 Å². The molecule has 80 valence electrons. The van der Waals surface area contributed by atoms with Gasteiger partial charge in [0.25, 0.3) is 0 Å². The van der Waals surface area contributed by atoms with Crippen LogP contribution >= 0.6 is 0 Å². The lowest BCUT2D eigenvalue weighted by Crippen LogP contribution is -2.07. The smallest absolute Gasteiger partial charge is 0.0352 e. The van der Waals surface area contributed by atoms with Crippen LogP contribution in [0.5, 0.6) is 0 Å². The summed E-state index contributed by atoms with van der Waals surface area (Å²) >= 11 is 0. The number of rotatable bonds is 1. The second-order valence-electron chi connectivity index (χ2n) is 5.43. The van der Waals surface area contributed by atoms with Gasteiger partial charge < -0.3 is 5.73 Å². The molecule has 1 saturated carbocycles. The van der Waals surface area contributed by atoms with Crippen LogP contribution in [0.25, 0.3) is 0 Å². The van der Waals surface area contributed by atoms with Crippen molar-refractivity contribution in [3.8, 4) is 0 Å². The van der Waals surface area contributed by atoms with Crippen molar-refractivity contribution >= 4 is 5.69 Å². The Bertz CT molecular complexity index is 406. The second kappa shape index (κ2) is 3.01. The summed E-state index contributed by atoms with van der Waals surface area (Å²) in [6.45, 7) is 4.58. The van der Waals surface area contributed by atoms with E-state index in [0.29, 0.717) is 5.92 Å². The zero-order valence-electron chi connectivity index (χ0n) is 9.59. The molecule has 0 heterocycles. The SMILES string of the molecule is CC(C)c1ccc(N)c2c1C1CCC2C1. The molecule has 1 heteroatoms. The van der Waals surface area contributed by atoms with Crippen molar-refractivity contribution in [1.82, 2.24) is 0 Å². The average molecular weight is 201 g/mol. The van der Waals surface area contributed by atoms with E-state index in [1.165, 1.54) is 24.8 Å². The van der Waals surface area contributed by atoms with E-state index < -0.39 is 0 Å². The van der Waals surface area contributed by atoms with E-state index in [4.69, 9.17) is 5.73 Å². The highest BCUT2D eigenvalue weighted by Crippen LogP contribution is 2.56. The van der Waals surface area contributed by atoms with E-state index in [9.17, 15) is 0 Å². The molecule has 1 nitrogen and oxygen atoms in total. The van der Waals surface area contributed by atoms with Gasteiger partial charge in [-0.2, -0.15) is 0 Å². The topological polar surface area (TPSA) is 26.0 Å². The highest BCUT2D eigenvalue weighted by molar-refractivity contribution is 5.61. The molecule has 1 aromatic carbocycles. The highest BCUT2D eigenvalue weighted by Gasteiger charge is 2.39. The summed E-state index contributed by atoms with van der Waals surface area (Å²) in [4.78, 5) is 0. The molecule has 3 rings (SSSR count). The minimum Gasteiger partial charge on any atom is -0.398 e. The molecule has 0 aromatic heterocycles. The number of anilines is 1. The van der Waals surface area contributed by atoms with Crippen LogP contribution < -0.4 is 5.73 Å². The van der Waals surface area contributed by atoms with Crippen molar-refractivity contribution in [2.45, 2.75) is 50.9 Å². The quantitative estimate of drug-likeness (QED) is 0.688. The molecule has 0 saturated heterocycles. The van der Waals surface area contributed by atoms with Crippen LogP contribution in [0.3, 0.4) is 0 Å². The summed E-state index contributed by atoms with van der Waals surface area (Å²) in [7, 11) is 0.